The van der Waals surface area contributed by atoms with Gasteiger partial charge < -0.3 is 15.7 Å². The fraction of sp³-hybridized carbons (Fsp3) is 0.500. The number of pyridine rings is 1. The third kappa shape index (κ3) is 2.87. The first-order chi connectivity index (χ1) is 7.84. The third-order valence-corrected chi connectivity index (χ3v) is 3.03. The molecule has 0 aromatic carbocycles. The van der Waals surface area contributed by atoms with Gasteiger partial charge in [-0.15, -0.1) is 0 Å². The third-order valence-electron chi connectivity index (χ3n) is 3.03. The van der Waals surface area contributed by atoms with Crippen LogP contribution in [0, 0.1) is 5.92 Å². The zero-order valence-corrected chi connectivity index (χ0v) is 10.6. The molecule has 0 saturated carbocycles. The number of nitrogens with two attached hydrogens (primary N) is 1. The molecule has 1 heterocycles. The van der Waals surface area contributed by atoms with Crippen molar-refractivity contribution in [1.82, 2.24) is 4.98 Å². The molecule has 0 fully saturated rings. The Morgan fingerprint density at radius 1 is 1.47 bits per heavy atom. The molecule has 1 atom stereocenters. The molecular weight excluding hydrogens is 218 g/mol. The Morgan fingerprint density at radius 3 is 2.53 bits per heavy atom. The SMILES string of the molecule is CC(C)C(C)N(C)c1ncc(N)cc1C(=O)O. The van der Waals surface area contributed by atoms with Gasteiger partial charge in [-0.25, -0.2) is 9.78 Å². The summed E-state index contributed by atoms with van der Waals surface area (Å²) in [5.74, 6) is -0.156. The van der Waals surface area contributed by atoms with Crippen LogP contribution in [0.5, 0.6) is 0 Å². The quantitative estimate of drug-likeness (QED) is 0.835. The highest BCUT2D eigenvalue weighted by Gasteiger charge is 2.20. The molecule has 5 heteroatoms. The van der Waals surface area contributed by atoms with E-state index in [4.69, 9.17) is 10.8 Å². The molecule has 5 nitrogen and oxygen atoms in total. The first kappa shape index (κ1) is 13.3. The number of nitrogens with zero attached hydrogens (tertiary/aromatic N) is 2. The van der Waals surface area contributed by atoms with Crippen LogP contribution in [0.3, 0.4) is 0 Å². The summed E-state index contributed by atoms with van der Waals surface area (Å²) in [6.45, 7) is 6.20. The number of aromatic carboxylic acids is 1. The number of carbonyl (C=O) groups is 1. The number of hydrogen-bond acceptors (Lipinski definition) is 4. The van der Waals surface area contributed by atoms with Crippen molar-refractivity contribution in [3.8, 4) is 0 Å². The molecule has 1 unspecified atom stereocenters. The number of aromatic nitrogens is 1. The zero-order valence-electron chi connectivity index (χ0n) is 10.6. The van der Waals surface area contributed by atoms with Gasteiger partial charge in [0.05, 0.1) is 11.9 Å². The van der Waals surface area contributed by atoms with E-state index in [1.165, 1.54) is 12.3 Å². The van der Waals surface area contributed by atoms with Gasteiger partial charge in [0.25, 0.3) is 0 Å². The van der Waals surface area contributed by atoms with Crippen LogP contribution in [-0.2, 0) is 0 Å². The minimum atomic E-state index is -1.01. The van der Waals surface area contributed by atoms with E-state index < -0.39 is 5.97 Å². The summed E-state index contributed by atoms with van der Waals surface area (Å²) in [5.41, 5.74) is 6.05. The summed E-state index contributed by atoms with van der Waals surface area (Å²) in [6.07, 6.45) is 1.48. The minimum Gasteiger partial charge on any atom is -0.478 e. The molecule has 0 bridgehead atoms. The van der Waals surface area contributed by atoms with Crippen molar-refractivity contribution in [2.75, 3.05) is 17.7 Å². The minimum absolute atomic E-state index is 0.139. The average Bonchev–Trinajstić information content (AvgIpc) is 2.26. The molecule has 0 amide bonds. The summed E-state index contributed by atoms with van der Waals surface area (Å²) in [5, 5.41) is 9.14. The van der Waals surface area contributed by atoms with Crippen LogP contribution >= 0.6 is 0 Å². The summed E-state index contributed by atoms with van der Waals surface area (Å²) in [4.78, 5) is 17.1. The van der Waals surface area contributed by atoms with Crippen LogP contribution in [0.25, 0.3) is 0 Å². The van der Waals surface area contributed by atoms with Gasteiger partial charge in [0.2, 0.25) is 0 Å². The predicted molar refractivity (Wildman–Crippen MR) is 68.3 cm³/mol. The first-order valence-electron chi connectivity index (χ1n) is 5.56. The van der Waals surface area contributed by atoms with E-state index in [0.717, 1.165) is 0 Å². The van der Waals surface area contributed by atoms with E-state index in [9.17, 15) is 4.79 Å². The van der Waals surface area contributed by atoms with Crippen molar-refractivity contribution >= 4 is 17.5 Å². The van der Waals surface area contributed by atoms with Crippen molar-refractivity contribution < 1.29 is 9.90 Å². The van der Waals surface area contributed by atoms with Crippen LogP contribution in [0.1, 0.15) is 31.1 Å². The standard InChI is InChI=1S/C12H19N3O2/c1-7(2)8(3)15(4)11-10(12(16)17)5-9(13)6-14-11/h5-8H,13H2,1-4H3,(H,16,17). The fourth-order valence-electron chi connectivity index (χ4n) is 1.55. The number of carboxylic acid groups (broad SMARTS) is 1. The van der Waals surface area contributed by atoms with Crippen LogP contribution in [0.15, 0.2) is 12.3 Å². The van der Waals surface area contributed by atoms with E-state index in [1.807, 2.05) is 18.9 Å². The molecule has 17 heavy (non-hydrogen) atoms. The smallest absolute Gasteiger partial charge is 0.339 e. The molecular formula is C12H19N3O2. The predicted octanol–water partition coefficient (Wildman–Crippen LogP) is 1.84. The second-order valence-corrected chi connectivity index (χ2v) is 4.54. The maximum atomic E-state index is 11.1. The number of carboxylic acids is 1. The van der Waals surface area contributed by atoms with Crippen molar-refractivity contribution in [2.45, 2.75) is 26.8 Å². The number of nitrogen functional groups attached to an aromatic ring is 1. The van der Waals surface area contributed by atoms with Gasteiger partial charge in [0, 0.05) is 13.1 Å². The zero-order chi connectivity index (χ0) is 13.2. The Kier molecular flexibility index (Phi) is 3.93. The first-order valence-corrected chi connectivity index (χ1v) is 5.56. The lowest BCUT2D eigenvalue weighted by atomic mass is 10.0. The molecule has 1 rings (SSSR count). The molecule has 0 aliphatic rings. The highest BCUT2D eigenvalue weighted by molar-refractivity contribution is 5.94. The van der Waals surface area contributed by atoms with Crippen LogP contribution in [0.2, 0.25) is 0 Å². The molecule has 94 valence electrons. The fourth-order valence-corrected chi connectivity index (χ4v) is 1.55. The summed E-state index contributed by atoms with van der Waals surface area (Å²) in [7, 11) is 1.84. The Morgan fingerprint density at radius 2 is 2.06 bits per heavy atom. The molecule has 0 saturated heterocycles. The van der Waals surface area contributed by atoms with E-state index in [0.29, 0.717) is 17.4 Å². The summed E-state index contributed by atoms with van der Waals surface area (Å²) in [6, 6.07) is 1.64. The topological polar surface area (TPSA) is 79.5 Å². The highest BCUT2D eigenvalue weighted by Crippen LogP contribution is 2.22. The maximum absolute atomic E-state index is 11.1. The van der Waals surface area contributed by atoms with Crippen LogP contribution < -0.4 is 10.6 Å². The van der Waals surface area contributed by atoms with E-state index in [-0.39, 0.29) is 11.6 Å². The molecule has 0 aliphatic heterocycles. The summed E-state index contributed by atoms with van der Waals surface area (Å²) >= 11 is 0. The van der Waals surface area contributed by atoms with Gasteiger partial charge in [0.15, 0.2) is 0 Å². The van der Waals surface area contributed by atoms with E-state index in [1.54, 1.807) is 0 Å². The van der Waals surface area contributed by atoms with Crippen molar-refractivity contribution in [3.05, 3.63) is 17.8 Å². The van der Waals surface area contributed by atoms with Gasteiger partial charge in [0.1, 0.15) is 11.4 Å². The largest absolute Gasteiger partial charge is 0.478 e. The van der Waals surface area contributed by atoms with Crippen molar-refractivity contribution in [1.29, 1.82) is 0 Å². The number of anilines is 2. The Hall–Kier alpha value is -1.78. The van der Waals surface area contributed by atoms with Crippen LogP contribution in [0.4, 0.5) is 11.5 Å². The second-order valence-electron chi connectivity index (χ2n) is 4.54. The number of hydrogen-bond donors (Lipinski definition) is 2. The second kappa shape index (κ2) is 5.03. The van der Waals surface area contributed by atoms with Gasteiger partial charge >= 0.3 is 5.97 Å². The Labute approximate surface area is 101 Å². The van der Waals surface area contributed by atoms with Gasteiger partial charge in [-0.05, 0) is 18.9 Å². The summed E-state index contributed by atoms with van der Waals surface area (Å²) < 4.78 is 0. The molecule has 3 N–H and O–H groups in total. The molecule has 1 aromatic rings. The highest BCUT2D eigenvalue weighted by atomic mass is 16.4. The van der Waals surface area contributed by atoms with Gasteiger partial charge in [-0.1, -0.05) is 13.8 Å². The molecule has 0 spiro atoms. The van der Waals surface area contributed by atoms with Gasteiger partial charge in [-0.3, -0.25) is 0 Å². The molecule has 1 aromatic heterocycles. The average molecular weight is 237 g/mol. The van der Waals surface area contributed by atoms with E-state index in [2.05, 4.69) is 18.8 Å². The van der Waals surface area contributed by atoms with Crippen molar-refractivity contribution in [2.24, 2.45) is 5.92 Å². The van der Waals surface area contributed by atoms with Crippen LogP contribution in [-0.4, -0.2) is 29.1 Å². The molecule has 0 radical (unpaired) electrons. The lowest BCUT2D eigenvalue weighted by Gasteiger charge is -2.29. The van der Waals surface area contributed by atoms with Gasteiger partial charge in [-0.2, -0.15) is 0 Å². The lowest BCUT2D eigenvalue weighted by molar-refractivity contribution is 0.0697. The normalized spacial score (nSPS) is 12.5. The monoisotopic (exact) mass is 237 g/mol. The lowest BCUT2D eigenvalue weighted by Crippen LogP contribution is -2.35. The van der Waals surface area contributed by atoms with Crippen molar-refractivity contribution in [3.63, 3.8) is 0 Å². The number of rotatable bonds is 4. The molecule has 0 aliphatic carbocycles. The Bertz CT molecular complexity index is 418. The Balaban J connectivity index is 3.17. The maximum Gasteiger partial charge on any atom is 0.339 e. The van der Waals surface area contributed by atoms with E-state index >= 15 is 0 Å².